The van der Waals surface area contributed by atoms with Crippen molar-refractivity contribution in [3.63, 3.8) is 0 Å². The highest BCUT2D eigenvalue weighted by Gasteiger charge is 2.35. The largest absolute Gasteiger partial charge is 0.379 e. The van der Waals surface area contributed by atoms with Gasteiger partial charge in [0, 0.05) is 25.6 Å². The van der Waals surface area contributed by atoms with Crippen molar-refractivity contribution in [2.75, 3.05) is 39.9 Å². The summed E-state index contributed by atoms with van der Waals surface area (Å²) in [7, 11) is 2.10. The molecular weight excluding hydrogens is 284 g/mol. The summed E-state index contributed by atoms with van der Waals surface area (Å²) in [6, 6.07) is 5.43. The molecule has 1 amide bonds. The van der Waals surface area contributed by atoms with Gasteiger partial charge in [-0.1, -0.05) is 6.07 Å². The van der Waals surface area contributed by atoms with Gasteiger partial charge in [-0.3, -0.25) is 4.79 Å². The van der Waals surface area contributed by atoms with Crippen LogP contribution >= 0.6 is 0 Å². The SMILES string of the molecule is CN1C[C@@H]2COC[C@H](C1)N(C(=O)c1cccc3nnnn13)C2. The van der Waals surface area contributed by atoms with E-state index < -0.39 is 0 Å². The Morgan fingerprint density at radius 2 is 2.18 bits per heavy atom. The van der Waals surface area contributed by atoms with E-state index in [1.54, 1.807) is 12.1 Å². The molecule has 0 unspecified atom stereocenters. The number of fused-ring (bicyclic) bond motifs is 4. The highest BCUT2D eigenvalue weighted by Crippen LogP contribution is 2.21. The van der Waals surface area contributed by atoms with Gasteiger partial charge in [-0.05, 0) is 29.6 Å². The quantitative estimate of drug-likeness (QED) is 0.709. The standard InChI is InChI=1S/C14H18N6O2/c1-18-5-10-6-19(11(7-18)9-22-8-10)14(21)12-3-2-4-13-15-16-17-20(12)13/h2-4,10-11H,5-9H2,1H3/t10-,11-/m0/s1. The number of hydrogen-bond donors (Lipinski definition) is 0. The van der Waals surface area contributed by atoms with Gasteiger partial charge < -0.3 is 14.5 Å². The van der Waals surface area contributed by atoms with Gasteiger partial charge in [0.2, 0.25) is 0 Å². The summed E-state index contributed by atoms with van der Waals surface area (Å²) in [5.74, 6) is 0.309. The molecule has 2 saturated heterocycles. The van der Waals surface area contributed by atoms with Crippen LogP contribution in [0.2, 0.25) is 0 Å². The molecule has 4 heterocycles. The van der Waals surface area contributed by atoms with Crippen molar-refractivity contribution in [3.05, 3.63) is 23.9 Å². The molecule has 8 nitrogen and oxygen atoms in total. The highest BCUT2D eigenvalue weighted by atomic mass is 16.5. The van der Waals surface area contributed by atoms with E-state index in [9.17, 15) is 4.79 Å². The van der Waals surface area contributed by atoms with Crippen molar-refractivity contribution < 1.29 is 9.53 Å². The first-order valence-electron chi connectivity index (χ1n) is 7.47. The zero-order chi connectivity index (χ0) is 15.1. The molecule has 8 heteroatoms. The third-order valence-electron chi connectivity index (χ3n) is 4.35. The molecule has 4 rings (SSSR count). The number of aromatic nitrogens is 4. The molecule has 0 N–H and O–H groups in total. The molecule has 22 heavy (non-hydrogen) atoms. The van der Waals surface area contributed by atoms with Crippen LogP contribution in [0.15, 0.2) is 18.2 Å². The van der Waals surface area contributed by atoms with Crippen molar-refractivity contribution in [1.29, 1.82) is 0 Å². The Hall–Kier alpha value is -2.06. The summed E-state index contributed by atoms with van der Waals surface area (Å²) >= 11 is 0. The van der Waals surface area contributed by atoms with Crippen LogP contribution in [0.4, 0.5) is 0 Å². The minimum absolute atomic E-state index is 0.0336. The van der Waals surface area contributed by atoms with E-state index >= 15 is 0 Å². The van der Waals surface area contributed by atoms with E-state index in [2.05, 4.69) is 27.5 Å². The zero-order valence-electron chi connectivity index (χ0n) is 12.4. The molecule has 0 saturated carbocycles. The Balaban J connectivity index is 1.71. The van der Waals surface area contributed by atoms with Gasteiger partial charge in [0.05, 0.1) is 19.3 Å². The van der Waals surface area contributed by atoms with Crippen LogP contribution < -0.4 is 0 Å². The Morgan fingerprint density at radius 1 is 1.27 bits per heavy atom. The first kappa shape index (κ1) is 13.6. The first-order chi connectivity index (χ1) is 10.7. The van der Waals surface area contributed by atoms with Gasteiger partial charge in [0.1, 0.15) is 5.69 Å². The van der Waals surface area contributed by atoms with Crippen LogP contribution in [0.1, 0.15) is 10.5 Å². The maximum Gasteiger partial charge on any atom is 0.273 e. The monoisotopic (exact) mass is 302 g/mol. The average Bonchev–Trinajstić information content (AvgIpc) is 2.82. The number of carbonyl (C=O) groups is 1. The lowest BCUT2D eigenvalue weighted by atomic mass is 10.1. The van der Waals surface area contributed by atoms with Crippen LogP contribution in [0.5, 0.6) is 0 Å². The topological polar surface area (TPSA) is 75.9 Å². The number of amides is 1. The van der Waals surface area contributed by atoms with Crippen molar-refractivity contribution in [1.82, 2.24) is 29.8 Å². The number of tetrazole rings is 1. The number of nitrogens with zero attached hydrogens (tertiary/aromatic N) is 6. The number of likely N-dealkylation sites (N-methyl/N-ethyl adjacent to an activating group) is 1. The number of pyridine rings is 1. The van der Waals surface area contributed by atoms with Crippen molar-refractivity contribution in [3.8, 4) is 0 Å². The van der Waals surface area contributed by atoms with Crippen LogP contribution in [0, 0.1) is 5.92 Å². The minimum atomic E-state index is -0.0336. The number of rotatable bonds is 1. The van der Waals surface area contributed by atoms with E-state index in [-0.39, 0.29) is 11.9 Å². The molecule has 2 aliphatic heterocycles. The van der Waals surface area contributed by atoms with E-state index in [0.29, 0.717) is 37.0 Å². The van der Waals surface area contributed by atoms with Crippen LogP contribution in [-0.2, 0) is 4.74 Å². The summed E-state index contributed by atoms with van der Waals surface area (Å²) in [4.78, 5) is 17.3. The Morgan fingerprint density at radius 3 is 3.09 bits per heavy atom. The molecule has 2 aromatic heterocycles. The second-order valence-electron chi connectivity index (χ2n) is 6.10. The molecule has 2 atom stereocenters. The van der Waals surface area contributed by atoms with Gasteiger partial charge in [0.15, 0.2) is 5.65 Å². The summed E-state index contributed by atoms with van der Waals surface area (Å²) in [5, 5.41) is 11.5. The second kappa shape index (κ2) is 5.29. The predicted molar refractivity (Wildman–Crippen MR) is 77.4 cm³/mol. The van der Waals surface area contributed by atoms with Gasteiger partial charge in [-0.2, -0.15) is 4.52 Å². The second-order valence-corrected chi connectivity index (χ2v) is 6.10. The maximum absolute atomic E-state index is 13.0. The molecule has 116 valence electrons. The van der Waals surface area contributed by atoms with Crippen molar-refractivity contribution in [2.24, 2.45) is 5.92 Å². The third kappa shape index (κ3) is 2.24. The van der Waals surface area contributed by atoms with Gasteiger partial charge in [-0.15, -0.1) is 5.10 Å². The lowest BCUT2D eigenvalue weighted by molar-refractivity contribution is 0.0478. The molecular formula is C14H18N6O2. The Labute approximate surface area is 127 Å². The van der Waals surface area contributed by atoms with E-state index in [0.717, 1.165) is 13.1 Å². The van der Waals surface area contributed by atoms with Gasteiger partial charge in [-0.25, -0.2) is 0 Å². The molecule has 2 fully saturated rings. The molecule has 0 aliphatic carbocycles. The highest BCUT2D eigenvalue weighted by molar-refractivity contribution is 5.93. The van der Waals surface area contributed by atoms with Crippen LogP contribution in [-0.4, -0.2) is 81.7 Å². The van der Waals surface area contributed by atoms with Gasteiger partial charge >= 0.3 is 0 Å². The molecule has 0 aromatic carbocycles. The maximum atomic E-state index is 13.0. The zero-order valence-corrected chi connectivity index (χ0v) is 12.4. The molecule has 0 spiro atoms. The lowest BCUT2D eigenvalue weighted by Crippen LogP contribution is -2.46. The molecule has 2 aromatic rings. The number of ether oxygens (including phenoxy) is 1. The average molecular weight is 302 g/mol. The van der Waals surface area contributed by atoms with Crippen LogP contribution in [0.25, 0.3) is 5.65 Å². The lowest BCUT2D eigenvalue weighted by Gasteiger charge is -2.29. The van der Waals surface area contributed by atoms with Crippen molar-refractivity contribution >= 4 is 11.6 Å². The van der Waals surface area contributed by atoms with E-state index in [1.165, 1.54) is 4.52 Å². The number of hydrogen-bond acceptors (Lipinski definition) is 6. The smallest absolute Gasteiger partial charge is 0.273 e. The predicted octanol–water partition coefficient (Wildman–Crippen LogP) is -0.473. The van der Waals surface area contributed by atoms with Crippen molar-refractivity contribution in [2.45, 2.75) is 6.04 Å². The Bertz CT molecular complexity index is 701. The minimum Gasteiger partial charge on any atom is -0.379 e. The summed E-state index contributed by atoms with van der Waals surface area (Å²) in [6.07, 6.45) is 0. The fraction of sp³-hybridized carbons (Fsp3) is 0.571. The normalized spacial score (nSPS) is 26.1. The Kier molecular flexibility index (Phi) is 3.27. The molecule has 2 aliphatic rings. The van der Waals surface area contributed by atoms with Gasteiger partial charge in [0.25, 0.3) is 5.91 Å². The summed E-state index contributed by atoms with van der Waals surface area (Å²) < 4.78 is 7.23. The summed E-state index contributed by atoms with van der Waals surface area (Å²) in [5.41, 5.74) is 1.08. The first-order valence-corrected chi connectivity index (χ1v) is 7.47. The molecule has 0 radical (unpaired) electrons. The fourth-order valence-electron chi connectivity index (χ4n) is 3.40. The third-order valence-corrected chi connectivity index (χ3v) is 4.35. The van der Waals surface area contributed by atoms with E-state index in [4.69, 9.17) is 4.74 Å². The molecule has 2 bridgehead atoms. The summed E-state index contributed by atoms with van der Waals surface area (Å²) in [6.45, 7) is 3.79. The number of carbonyl (C=O) groups excluding carboxylic acids is 1. The fourth-order valence-corrected chi connectivity index (χ4v) is 3.40. The van der Waals surface area contributed by atoms with Crippen LogP contribution in [0.3, 0.4) is 0 Å². The van der Waals surface area contributed by atoms with E-state index in [1.807, 2.05) is 11.0 Å².